The van der Waals surface area contributed by atoms with Gasteiger partial charge in [-0.05, 0) is 56.5 Å². The van der Waals surface area contributed by atoms with E-state index in [1.807, 2.05) is 27.0 Å². The van der Waals surface area contributed by atoms with E-state index in [1.54, 1.807) is 35.4 Å². The molecule has 3 aromatic rings. The zero-order chi connectivity index (χ0) is 23.1. The van der Waals surface area contributed by atoms with Gasteiger partial charge in [0.15, 0.2) is 9.84 Å². The summed E-state index contributed by atoms with van der Waals surface area (Å²) in [4.78, 5) is 22.1. The Bertz CT molecular complexity index is 1300. The van der Waals surface area contributed by atoms with E-state index in [9.17, 15) is 13.2 Å². The molecule has 0 atom stereocenters. The molecule has 1 amide bonds. The van der Waals surface area contributed by atoms with Crippen LogP contribution in [0.1, 0.15) is 32.8 Å². The van der Waals surface area contributed by atoms with E-state index in [0.29, 0.717) is 18.0 Å². The van der Waals surface area contributed by atoms with Crippen molar-refractivity contribution in [1.82, 2.24) is 14.9 Å². The average molecular weight is 454 g/mol. The molecule has 0 saturated carbocycles. The molecule has 2 aromatic heterocycles. The third-order valence-corrected chi connectivity index (χ3v) is 6.48. The highest BCUT2D eigenvalue weighted by Gasteiger charge is 2.24. The molecule has 0 spiro atoms. The molecule has 168 valence electrons. The molecule has 1 aliphatic heterocycles. The number of hydrogen-bond donors (Lipinski definition) is 1. The summed E-state index contributed by atoms with van der Waals surface area (Å²) in [6, 6.07) is 8.88. The van der Waals surface area contributed by atoms with E-state index < -0.39 is 15.4 Å². The maximum absolute atomic E-state index is 12.3. The first kappa shape index (κ1) is 22.1. The highest BCUT2D eigenvalue weighted by Crippen LogP contribution is 2.32. The zero-order valence-electron chi connectivity index (χ0n) is 18.7. The monoisotopic (exact) mass is 453 g/mol. The molecule has 4 rings (SSSR count). The van der Waals surface area contributed by atoms with Gasteiger partial charge in [0, 0.05) is 48.3 Å². The lowest BCUT2D eigenvalue weighted by molar-refractivity contribution is 0.0270. The van der Waals surface area contributed by atoms with Crippen molar-refractivity contribution >= 4 is 32.5 Å². The molecule has 0 radical (unpaired) electrons. The Labute approximate surface area is 188 Å². The van der Waals surface area contributed by atoms with Crippen LogP contribution in [-0.4, -0.2) is 54.3 Å². The van der Waals surface area contributed by atoms with E-state index >= 15 is 0 Å². The predicted octanol–water partition coefficient (Wildman–Crippen LogP) is 4.66. The van der Waals surface area contributed by atoms with Crippen LogP contribution in [-0.2, 0) is 14.6 Å². The number of H-pyrrole nitrogens is 1. The number of rotatable bonds is 3. The van der Waals surface area contributed by atoms with Gasteiger partial charge in [-0.2, -0.15) is 0 Å². The Morgan fingerprint density at radius 3 is 2.47 bits per heavy atom. The topological polar surface area (TPSA) is 92.4 Å². The van der Waals surface area contributed by atoms with Gasteiger partial charge < -0.3 is 14.6 Å². The van der Waals surface area contributed by atoms with Gasteiger partial charge in [-0.15, -0.1) is 0 Å². The lowest BCUT2D eigenvalue weighted by atomic mass is 9.98. The SMILES string of the molecule is CC(C)(C)OC(=O)N1CC=C(c2c[nH]c3ncc(-c4ccc(S(C)(=O)=O)cc4)cc23)CC1. The number of carbonyl (C=O) groups is 1. The van der Waals surface area contributed by atoms with Crippen LogP contribution < -0.4 is 0 Å². The number of sulfone groups is 1. The summed E-state index contributed by atoms with van der Waals surface area (Å²) in [6.07, 6.45) is 7.40. The van der Waals surface area contributed by atoms with Gasteiger partial charge in [-0.3, -0.25) is 0 Å². The van der Waals surface area contributed by atoms with Crippen LogP contribution in [0.3, 0.4) is 0 Å². The fraction of sp³-hybridized carbons (Fsp3) is 0.333. The number of ether oxygens (including phenoxy) is 1. The van der Waals surface area contributed by atoms with Crippen molar-refractivity contribution in [3.8, 4) is 11.1 Å². The number of fused-ring (bicyclic) bond motifs is 1. The molecule has 0 aliphatic carbocycles. The summed E-state index contributed by atoms with van der Waals surface area (Å²) < 4.78 is 28.9. The van der Waals surface area contributed by atoms with Gasteiger partial charge in [-0.25, -0.2) is 18.2 Å². The van der Waals surface area contributed by atoms with Crippen LogP contribution in [0.2, 0.25) is 0 Å². The van der Waals surface area contributed by atoms with Crippen LogP contribution >= 0.6 is 0 Å². The summed E-state index contributed by atoms with van der Waals surface area (Å²) in [7, 11) is -3.23. The van der Waals surface area contributed by atoms with Gasteiger partial charge in [0.05, 0.1) is 4.90 Å². The minimum atomic E-state index is -3.23. The molecular weight excluding hydrogens is 426 g/mol. The fourth-order valence-electron chi connectivity index (χ4n) is 3.73. The number of aromatic amines is 1. The molecule has 0 fully saturated rings. The molecule has 1 aromatic carbocycles. The van der Waals surface area contributed by atoms with Crippen LogP contribution in [0, 0.1) is 0 Å². The Balaban J connectivity index is 1.59. The molecule has 8 heteroatoms. The van der Waals surface area contributed by atoms with Crippen molar-refractivity contribution < 1.29 is 17.9 Å². The first-order valence-electron chi connectivity index (χ1n) is 10.5. The predicted molar refractivity (Wildman–Crippen MR) is 125 cm³/mol. The van der Waals surface area contributed by atoms with E-state index in [1.165, 1.54) is 6.26 Å². The van der Waals surface area contributed by atoms with Crippen molar-refractivity contribution in [1.29, 1.82) is 0 Å². The van der Waals surface area contributed by atoms with Crippen molar-refractivity contribution in [2.45, 2.75) is 37.7 Å². The second-order valence-electron chi connectivity index (χ2n) is 9.02. The standard InChI is InChI=1S/C24H27N3O4S/c1-24(2,3)31-23(28)27-11-9-17(10-12-27)21-15-26-22-20(21)13-18(14-25-22)16-5-7-19(8-6-16)32(4,29)30/h5-9,13-15H,10-12H2,1-4H3,(H,25,26). The quantitative estimate of drug-likeness (QED) is 0.623. The maximum Gasteiger partial charge on any atom is 0.410 e. The Kier molecular flexibility index (Phi) is 5.58. The Morgan fingerprint density at radius 1 is 1.16 bits per heavy atom. The lowest BCUT2D eigenvalue weighted by Crippen LogP contribution is -2.39. The second-order valence-corrected chi connectivity index (χ2v) is 11.0. The summed E-state index contributed by atoms with van der Waals surface area (Å²) in [5.74, 6) is 0. The first-order valence-corrected chi connectivity index (χ1v) is 12.4. The number of hydrogen-bond acceptors (Lipinski definition) is 5. The van der Waals surface area contributed by atoms with E-state index in [2.05, 4.69) is 22.1 Å². The fourth-order valence-corrected chi connectivity index (χ4v) is 4.36. The van der Waals surface area contributed by atoms with Crippen LogP contribution in [0.4, 0.5) is 4.79 Å². The lowest BCUT2D eigenvalue weighted by Gasteiger charge is -2.29. The molecule has 1 aliphatic rings. The summed E-state index contributed by atoms with van der Waals surface area (Å²) in [5, 5.41) is 0.992. The third-order valence-electron chi connectivity index (χ3n) is 5.35. The van der Waals surface area contributed by atoms with Gasteiger partial charge in [0.25, 0.3) is 0 Å². The molecule has 0 unspecified atom stereocenters. The maximum atomic E-state index is 12.3. The van der Waals surface area contributed by atoms with Crippen LogP contribution in [0.15, 0.2) is 53.7 Å². The van der Waals surface area contributed by atoms with Crippen molar-refractivity contribution in [3.63, 3.8) is 0 Å². The molecule has 3 heterocycles. The number of aromatic nitrogens is 2. The largest absolute Gasteiger partial charge is 0.444 e. The Morgan fingerprint density at radius 2 is 1.88 bits per heavy atom. The molecular formula is C24H27N3O4S. The van der Waals surface area contributed by atoms with Gasteiger partial charge in [-0.1, -0.05) is 18.2 Å². The third kappa shape index (κ3) is 4.70. The highest BCUT2D eigenvalue weighted by molar-refractivity contribution is 7.90. The number of nitrogens with zero attached hydrogens (tertiary/aromatic N) is 2. The molecule has 7 nitrogen and oxygen atoms in total. The van der Waals surface area contributed by atoms with Crippen LogP contribution in [0.5, 0.6) is 0 Å². The number of pyridine rings is 1. The van der Waals surface area contributed by atoms with Crippen molar-refractivity contribution in [2.24, 2.45) is 0 Å². The minimum Gasteiger partial charge on any atom is -0.444 e. The zero-order valence-corrected chi connectivity index (χ0v) is 19.5. The van der Waals surface area contributed by atoms with Gasteiger partial charge >= 0.3 is 6.09 Å². The summed E-state index contributed by atoms with van der Waals surface area (Å²) in [5.41, 5.74) is 4.29. The van der Waals surface area contributed by atoms with Gasteiger partial charge in [0.1, 0.15) is 11.2 Å². The van der Waals surface area contributed by atoms with E-state index in [0.717, 1.165) is 39.7 Å². The van der Waals surface area contributed by atoms with Crippen LogP contribution in [0.25, 0.3) is 27.7 Å². The van der Waals surface area contributed by atoms with Crippen molar-refractivity contribution in [2.75, 3.05) is 19.3 Å². The molecule has 1 N–H and O–H groups in total. The number of benzene rings is 1. The minimum absolute atomic E-state index is 0.291. The molecule has 0 saturated heterocycles. The smallest absolute Gasteiger partial charge is 0.410 e. The summed E-state index contributed by atoms with van der Waals surface area (Å²) in [6.45, 7) is 6.68. The molecule has 32 heavy (non-hydrogen) atoms. The molecule has 0 bridgehead atoms. The Hall–Kier alpha value is -3.13. The number of carbonyl (C=O) groups excluding carboxylic acids is 1. The number of amides is 1. The average Bonchev–Trinajstić information content (AvgIpc) is 3.15. The van der Waals surface area contributed by atoms with Crippen molar-refractivity contribution in [3.05, 3.63) is 54.4 Å². The first-order chi connectivity index (χ1) is 15.0. The summed E-state index contributed by atoms with van der Waals surface area (Å²) >= 11 is 0. The van der Waals surface area contributed by atoms with E-state index in [4.69, 9.17) is 4.74 Å². The second kappa shape index (κ2) is 8.09. The normalized spacial score (nSPS) is 15.0. The van der Waals surface area contributed by atoms with E-state index in [-0.39, 0.29) is 6.09 Å². The number of nitrogens with one attached hydrogen (secondary N) is 1. The van der Waals surface area contributed by atoms with Gasteiger partial charge in [0.2, 0.25) is 0 Å². The highest BCUT2D eigenvalue weighted by atomic mass is 32.2.